The molecule has 92 valence electrons. The Morgan fingerprint density at radius 2 is 2.00 bits per heavy atom. The van der Waals surface area contributed by atoms with Crippen LogP contribution in [-0.2, 0) is 4.79 Å². The number of carbonyl (C=O) groups is 1. The van der Waals surface area contributed by atoms with Crippen molar-refractivity contribution in [2.24, 2.45) is 0 Å². The fraction of sp³-hybridized carbons (Fsp3) is 0.357. The normalized spacial score (nSPS) is 10.8. The Morgan fingerprint density at radius 3 is 2.59 bits per heavy atom. The molecular formula is C14H19NOS. The molecule has 0 fully saturated rings. The van der Waals surface area contributed by atoms with Gasteiger partial charge < -0.3 is 5.32 Å². The smallest absolute Gasteiger partial charge is 0.234 e. The van der Waals surface area contributed by atoms with E-state index in [-0.39, 0.29) is 5.91 Å². The number of amides is 1. The van der Waals surface area contributed by atoms with Gasteiger partial charge in [0, 0.05) is 11.4 Å². The number of aryl methyl sites for hydroxylation is 2. The summed E-state index contributed by atoms with van der Waals surface area (Å²) in [5, 5.41) is 2.97. The third-order valence-corrected chi connectivity index (χ3v) is 3.32. The number of hydrogen-bond donors (Lipinski definition) is 1. The highest BCUT2D eigenvalue weighted by Gasteiger charge is 2.06. The zero-order valence-corrected chi connectivity index (χ0v) is 11.4. The van der Waals surface area contributed by atoms with Crippen molar-refractivity contribution >= 4 is 23.4 Å². The van der Waals surface area contributed by atoms with E-state index in [2.05, 4.69) is 11.4 Å². The SMILES string of the molecule is CC=CCSCC(=O)Nc1c(C)cccc1C. The van der Waals surface area contributed by atoms with Crippen LogP contribution in [0.1, 0.15) is 18.1 Å². The maximum absolute atomic E-state index is 11.7. The first-order chi connectivity index (χ1) is 8.15. The third kappa shape index (κ3) is 4.65. The van der Waals surface area contributed by atoms with Gasteiger partial charge in [-0.3, -0.25) is 4.79 Å². The quantitative estimate of drug-likeness (QED) is 0.638. The number of allylic oxidation sites excluding steroid dienone is 1. The monoisotopic (exact) mass is 249 g/mol. The standard InChI is InChI=1S/C14H19NOS/c1-4-5-9-17-10-13(16)15-14-11(2)7-6-8-12(14)3/h4-8H,9-10H2,1-3H3,(H,15,16). The lowest BCUT2D eigenvalue weighted by atomic mass is 10.1. The molecule has 1 rings (SSSR count). The van der Waals surface area contributed by atoms with Crippen molar-refractivity contribution in [1.82, 2.24) is 0 Å². The topological polar surface area (TPSA) is 29.1 Å². The van der Waals surface area contributed by atoms with E-state index in [0.29, 0.717) is 5.75 Å². The lowest BCUT2D eigenvalue weighted by molar-refractivity contribution is -0.113. The fourth-order valence-corrected chi connectivity index (χ4v) is 2.21. The Balaban J connectivity index is 2.50. The summed E-state index contributed by atoms with van der Waals surface area (Å²) in [6.07, 6.45) is 4.05. The maximum atomic E-state index is 11.7. The molecule has 3 heteroatoms. The number of hydrogen-bond acceptors (Lipinski definition) is 2. The Bertz CT molecular complexity index is 392. The molecular weight excluding hydrogens is 230 g/mol. The minimum Gasteiger partial charge on any atom is -0.325 e. The number of nitrogens with one attached hydrogen (secondary N) is 1. The fourth-order valence-electron chi connectivity index (χ4n) is 1.50. The molecule has 0 radical (unpaired) electrons. The van der Waals surface area contributed by atoms with Gasteiger partial charge in [0.25, 0.3) is 0 Å². The van der Waals surface area contributed by atoms with Crippen LogP contribution in [0.2, 0.25) is 0 Å². The van der Waals surface area contributed by atoms with Gasteiger partial charge >= 0.3 is 0 Å². The van der Waals surface area contributed by atoms with Crippen LogP contribution in [0.5, 0.6) is 0 Å². The van der Waals surface area contributed by atoms with E-state index in [1.165, 1.54) is 0 Å². The van der Waals surface area contributed by atoms with Crippen LogP contribution in [0.25, 0.3) is 0 Å². The average molecular weight is 249 g/mol. The number of carbonyl (C=O) groups excluding carboxylic acids is 1. The zero-order valence-electron chi connectivity index (χ0n) is 10.6. The second kappa shape index (κ2) is 7.17. The molecule has 17 heavy (non-hydrogen) atoms. The van der Waals surface area contributed by atoms with Crippen molar-refractivity contribution in [1.29, 1.82) is 0 Å². The van der Waals surface area contributed by atoms with E-state index < -0.39 is 0 Å². The number of rotatable bonds is 5. The van der Waals surface area contributed by atoms with Crippen LogP contribution >= 0.6 is 11.8 Å². The molecule has 0 unspecified atom stereocenters. The number of benzene rings is 1. The van der Waals surface area contributed by atoms with Crippen LogP contribution in [-0.4, -0.2) is 17.4 Å². The molecule has 0 aliphatic carbocycles. The van der Waals surface area contributed by atoms with Gasteiger partial charge in [-0.2, -0.15) is 0 Å². The molecule has 0 heterocycles. The van der Waals surface area contributed by atoms with Crippen molar-refractivity contribution < 1.29 is 4.79 Å². The van der Waals surface area contributed by atoms with Gasteiger partial charge in [-0.1, -0.05) is 30.4 Å². The summed E-state index contributed by atoms with van der Waals surface area (Å²) in [6, 6.07) is 6.02. The Morgan fingerprint density at radius 1 is 1.35 bits per heavy atom. The van der Waals surface area contributed by atoms with E-state index in [1.54, 1.807) is 11.8 Å². The minimum absolute atomic E-state index is 0.0666. The molecule has 0 saturated heterocycles. The average Bonchev–Trinajstić information content (AvgIpc) is 2.30. The predicted octanol–water partition coefficient (Wildman–Crippen LogP) is 3.55. The molecule has 1 aromatic carbocycles. The lowest BCUT2D eigenvalue weighted by Gasteiger charge is -2.10. The first-order valence-electron chi connectivity index (χ1n) is 5.70. The highest BCUT2D eigenvalue weighted by molar-refractivity contribution is 8.00. The molecule has 0 aromatic heterocycles. The van der Waals surface area contributed by atoms with Gasteiger partial charge in [0.05, 0.1) is 5.75 Å². The van der Waals surface area contributed by atoms with Crippen LogP contribution in [0.3, 0.4) is 0 Å². The third-order valence-electron chi connectivity index (χ3n) is 2.43. The molecule has 0 bridgehead atoms. The van der Waals surface area contributed by atoms with Crippen molar-refractivity contribution in [3.63, 3.8) is 0 Å². The van der Waals surface area contributed by atoms with E-state index in [0.717, 1.165) is 22.6 Å². The molecule has 0 aliphatic rings. The maximum Gasteiger partial charge on any atom is 0.234 e. The molecule has 1 N–H and O–H groups in total. The molecule has 0 atom stereocenters. The van der Waals surface area contributed by atoms with Gasteiger partial charge in [0.1, 0.15) is 0 Å². The lowest BCUT2D eigenvalue weighted by Crippen LogP contribution is -2.15. The molecule has 0 spiro atoms. The first-order valence-corrected chi connectivity index (χ1v) is 6.85. The summed E-state index contributed by atoms with van der Waals surface area (Å²) in [6.45, 7) is 6.00. The summed E-state index contributed by atoms with van der Waals surface area (Å²) in [5.74, 6) is 1.45. The zero-order chi connectivity index (χ0) is 12.7. The van der Waals surface area contributed by atoms with Crippen molar-refractivity contribution in [2.45, 2.75) is 20.8 Å². The van der Waals surface area contributed by atoms with Crippen LogP contribution in [0.4, 0.5) is 5.69 Å². The first kappa shape index (κ1) is 13.8. The van der Waals surface area contributed by atoms with E-state index in [1.807, 2.05) is 45.0 Å². The largest absolute Gasteiger partial charge is 0.325 e. The minimum atomic E-state index is 0.0666. The Hall–Kier alpha value is -1.22. The number of para-hydroxylation sites is 1. The highest BCUT2D eigenvalue weighted by atomic mass is 32.2. The highest BCUT2D eigenvalue weighted by Crippen LogP contribution is 2.19. The Labute approximate surface area is 107 Å². The number of thioether (sulfide) groups is 1. The summed E-state index contributed by atoms with van der Waals surface area (Å²) in [5.41, 5.74) is 3.16. The number of anilines is 1. The Kier molecular flexibility index (Phi) is 5.84. The van der Waals surface area contributed by atoms with E-state index in [4.69, 9.17) is 0 Å². The molecule has 0 saturated carbocycles. The second-order valence-corrected chi connectivity index (χ2v) is 4.93. The van der Waals surface area contributed by atoms with Crippen LogP contribution in [0.15, 0.2) is 30.4 Å². The van der Waals surface area contributed by atoms with Gasteiger partial charge in [0.15, 0.2) is 0 Å². The molecule has 0 aliphatic heterocycles. The summed E-state index contributed by atoms with van der Waals surface area (Å²) in [7, 11) is 0. The van der Waals surface area contributed by atoms with Crippen molar-refractivity contribution in [3.05, 3.63) is 41.5 Å². The van der Waals surface area contributed by atoms with Gasteiger partial charge in [-0.25, -0.2) is 0 Å². The van der Waals surface area contributed by atoms with Crippen molar-refractivity contribution in [3.8, 4) is 0 Å². The summed E-state index contributed by atoms with van der Waals surface area (Å²) >= 11 is 1.62. The summed E-state index contributed by atoms with van der Waals surface area (Å²) in [4.78, 5) is 11.7. The predicted molar refractivity (Wildman–Crippen MR) is 76.7 cm³/mol. The van der Waals surface area contributed by atoms with Crippen LogP contribution in [0, 0.1) is 13.8 Å². The molecule has 1 aromatic rings. The van der Waals surface area contributed by atoms with Crippen molar-refractivity contribution in [2.75, 3.05) is 16.8 Å². The summed E-state index contributed by atoms with van der Waals surface area (Å²) < 4.78 is 0. The van der Waals surface area contributed by atoms with E-state index in [9.17, 15) is 4.79 Å². The molecule has 1 amide bonds. The van der Waals surface area contributed by atoms with Gasteiger partial charge in [-0.05, 0) is 31.9 Å². The second-order valence-electron chi connectivity index (χ2n) is 3.90. The van der Waals surface area contributed by atoms with E-state index >= 15 is 0 Å². The van der Waals surface area contributed by atoms with Gasteiger partial charge in [-0.15, -0.1) is 11.8 Å². The molecule has 2 nitrogen and oxygen atoms in total. The van der Waals surface area contributed by atoms with Gasteiger partial charge in [0.2, 0.25) is 5.91 Å². The van der Waals surface area contributed by atoms with Crippen LogP contribution < -0.4 is 5.32 Å².